The van der Waals surface area contributed by atoms with E-state index in [9.17, 15) is 0 Å². The predicted molar refractivity (Wildman–Crippen MR) is 80.3 cm³/mol. The van der Waals surface area contributed by atoms with Crippen molar-refractivity contribution in [2.24, 2.45) is 5.92 Å². The Balaban J connectivity index is 1.75. The van der Waals surface area contributed by atoms with Crippen molar-refractivity contribution in [1.82, 2.24) is 5.32 Å². The van der Waals surface area contributed by atoms with Crippen LogP contribution in [0.1, 0.15) is 58.8 Å². The van der Waals surface area contributed by atoms with Crippen LogP contribution in [0, 0.1) is 5.92 Å². The molecular weight excluding hydrogens is 290 g/mol. The minimum absolute atomic E-state index is 0.270. The van der Waals surface area contributed by atoms with Crippen LogP contribution in [0.5, 0.6) is 0 Å². The largest absolute Gasteiger partial charge is 0.370 e. The van der Waals surface area contributed by atoms with Gasteiger partial charge >= 0.3 is 0 Å². The summed E-state index contributed by atoms with van der Waals surface area (Å²) in [4.78, 5) is 0. The lowest BCUT2D eigenvalue weighted by Gasteiger charge is -2.33. The summed E-state index contributed by atoms with van der Waals surface area (Å²) in [5, 5.41) is 4.69. The third-order valence-electron chi connectivity index (χ3n) is 4.68. The minimum atomic E-state index is 0.270. The third-order valence-corrected chi connectivity index (χ3v) is 5.38. The first-order valence-electron chi connectivity index (χ1n) is 7.62. The number of rotatable bonds is 5. The smallest absolute Gasteiger partial charge is 0.0708 e. The Hall–Kier alpha value is 0.400. The van der Waals surface area contributed by atoms with Gasteiger partial charge in [0, 0.05) is 17.9 Å². The summed E-state index contributed by atoms with van der Waals surface area (Å²) in [6.07, 6.45) is 9.74. The Labute approximate surface area is 120 Å². The molecule has 0 amide bonds. The van der Waals surface area contributed by atoms with E-state index in [1.54, 1.807) is 0 Å². The van der Waals surface area contributed by atoms with Gasteiger partial charge in [-0.15, -0.1) is 0 Å². The van der Waals surface area contributed by atoms with Crippen LogP contribution in [0.25, 0.3) is 0 Å². The summed E-state index contributed by atoms with van der Waals surface area (Å²) < 4.78 is 6.39. The fourth-order valence-corrected chi connectivity index (χ4v) is 4.33. The van der Waals surface area contributed by atoms with Gasteiger partial charge in [0.2, 0.25) is 0 Å². The zero-order valence-corrected chi connectivity index (χ0v) is 13.5. The molecule has 1 N–H and O–H groups in total. The van der Waals surface area contributed by atoms with Gasteiger partial charge in [-0.25, -0.2) is 0 Å². The highest BCUT2D eigenvalue weighted by Crippen LogP contribution is 2.41. The Bertz CT molecular complexity index is 251. The number of hydrogen-bond acceptors (Lipinski definition) is 2. The molecule has 2 atom stereocenters. The van der Waals surface area contributed by atoms with Gasteiger partial charge in [0.25, 0.3) is 0 Å². The molecule has 0 aromatic rings. The Morgan fingerprint density at radius 2 is 1.94 bits per heavy atom. The highest BCUT2D eigenvalue weighted by molar-refractivity contribution is 9.09. The van der Waals surface area contributed by atoms with E-state index in [1.807, 2.05) is 0 Å². The first kappa shape index (κ1) is 14.8. The molecule has 1 aliphatic carbocycles. The molecule has 18 heavy (non-hydrogen) atoms. The second-order valence-corrected chi connectivity index (χ2v) is 7.08. The highest BCUT2D eigenvalue weighted by atomic mass is 79.9. The van der Waals surface area contributed by atoms with Gasteiger partial charge in [-0.05, 0) is 31.6 Å². The normalized spacial score (nSPS) is 29.0. The molecule has 0 aromatic heterocycles. The van der Waals surface area contributed by atoms with Gasteiger partial charge < -0.3 is 10.1 Å². The van der Waals surface area contributed by atoms with Crippen molar-refractivity contribution < 1.29 is 4.74 Å². The molecule has 2 unspecified atom stereocenters. The molecule has 2 nitrogen and oxygen atoms in total. The van der Waals surface area contributed by atoms with Gasteiger partial charge in [-0.3, -0.25) is 0 Å². The monoisotopic (exact) mass is 317 g/mol. The summed E-state index contributed by atoms with van der Waals surface area (Å²) in [5.41, 5.74) is 0.270. The number of halogens is 1. The topological polar surface area (TPSA) is 21.3 Å². The van der Waals surface area contributed by atoms with Crippen molar-refractivity contribution in [1.29, 1.82) is 0 Å². The lowest BCUT2D eigenvalue weighted by Crippen LogP contribution is -2.41. The summed E-state index contributed by atoms with van der Waals surface area (Å²) in [5.74, 6) is 0.675. The lowest BCUT2D eigenvalue weighted by atomic mass is 9.83. The molecule has 1 aliphatic heterocycles. The fourth-order valence-electron chi connectivity index (χ4n) is 3.35. The van der Waals surface area contributed by atoms with Crippen LogP contribution in [0.4, 0.5) is 0 Å². The first-order valence-corrected chi connectivity index (χ1v) is 8.74. The average Bonchev–Trinajstić information content (AvgIpc) is 2.74. The SMILES string of the molecule is CC(C)C(CBr)NCC1CCC2(CCCCC2)O1. The molecule has 2 rings (SSSR count). The van der Waals surface area contributed by atoms with E-state index in [0.29, 0.717) is 18.1 Å². The molecular formula is C15H28BrNO. The average molecular weight is 318 g/mol. The molecule has 1 saturated carbocycles. The van der Waals surface area contributed by atoms with Gasteiger partial charge in [-0.2, -0.15) is 0 Å². The molecule has 0 aromatic carbocycles. The molecule has 106 valence electrons. The van der Waals surface area contributed by atoms with Crippen LogP contribution in [0.3, 0.4) is 0 Å². The molecule has 0 bridgehead atoms. The maximum atomic E-state index is 6.39. The van der Waals surface area contributed by atoms with Crippen molar-refractivity contribution in [3.05, 3.63) is 0 Å². The van der Waals surface area contributed by atoms with Crippen LogP contribution < -0.4 is 5.32 Å². The van der Waals surface area contributed by atoms with Gasteiger partial charge in [0.1, 0.15) is 0 Å². The minimum Gasteiger partial charge on any atom is -0.370 e. The maximum Gasteiger partial charge on any atom is 0.0708 e. The zero-order chi connectivity index (χ0) is 13.0. The number of ether oxygens (including phenoxy) is 1. The summed E-state index contributed by atoms with van der Waals surface area (Å²) in [7, 11) is 0. The summed E-state index contributed by atoms with van der Waals surface area (Å²) in [6, 6.07) is 0.566. The van der Waals surface area contributed by atoms with Gasteiger partial charge in [0.15, 0.2) is 0 Å². The number of hydrogen-bond donors (Lipinski definition) is 1. The van der Waals surface area contributed by atoms with Gasteiger partial charge in [0.05, 0.1) is 11.7 Å². The molecule has 1 heterocycles. The summed E-state index contributed by atoms with van der Waals surface area (Å²) in [6.45, 7) is 5.57. The van der Waals surface area contributed by atoms with Crippen LogP contribution in [0.15, 0.2) is 0 Å². The number of nitrogens with one attached hydrogen (secondary N) is 1. The zero-order valence-electron chi connectivity index (χ0n) is 11.9. The molecule has 0 radical (unpaired) electrons. The molecule has 2 fully saturated rings. The van der Waals surface area contributed by atoms with E-state index in [1.165, 1.54) is 44.9 Å². The number of alkyl halides is 1. The molecule has 2 aliphatic rings. The van der Waals surface area contributed by atoms with Gasteiger partial charge in [-0.1, -0.05) is 49.0 Å². The first-order chi connectivity index (χ1) is 8.65. The molecule has 3 heteroatoms. The van der Waals surface area contributed by atoms with E-state index >= 15 is 0 Å². The molecule has 1 spiro atoms. The quantitative estimate of drug-likeness (QED) is 0.777. The van der Waals surface area contributed by atoms with Crippen LogP contribution in [-0.2, 0) is 4.74 Å². The van der Waals surface area contributed by atoms with E-state index in [-0.39, 0.29) is 5.60 Å². The van der Waals surface area contributed by atoms with E-state index in [2.05, 4.69) is 35.1 Å². The van der Waals surface area contributed by atoms with Crippen molar-refractivity contribution in [3.63, 3.8) is 0 Å². The van der Waals surface area contributed by atoms with E-state index in [0.717, 1.165) is 11.9 Å². The van der Waals surface area contributed by atoms with Crippen molar-refractivity contribution in [2.45, 2.75) is 76.5 Å². The van der Waals surface area contributed by atoms with Crippen LogP contribution in [0.2, 0.25) is 0 Å². The Morgan fingerprint density at radius 1 is 1.22 bits per heavy atom. The standard InChI is InChI=1S/C15H28BrNO/c1-12(2)14(10-16)17-11-13-6-9-15(18-13)7-4-3-5-8-15/h12-14,17H,3-11H2,1-2H3. The maximum absolute atomic E-state index is 6.39. The van der Waals surface area contributed by atoms with E-state index in [4.69, 9.17) is 4.74 Å². The Kier molecular flexibility index (Phi) is 5.52. The van der Waals surface area contributed by atoms with Crippen molar-refractivity contribution >= 4 is 15.9 Å². The third kappa shape index (κ3) is 3.71. The lowest BCUT2D eigenvalue weighted by molar-refractivity contribution is -0.0630. The fraction of sp³-hybridized carbons (Fsp3) is 1.00. The van der Waals surface area contributed by atoms with E-state index < -0.39 is 0 Å². The summed E-state index contributed by atoms with van der Waals surface area (Å²) >= 11 is 3.59. The van der Waals surface area contributed by atoms with Crippen molar-refractivity contribution in [2.75, 3.05) is 11.9 Å². The van der Waals surface area contributed by atoms with Crippen molar-refractivity contribution in [3.8, 4) is 0 Å². The second kappa shape index (κ2) is 6.71. The molecule has 1 saturated heterocycles. The Morgan fingerprint density at radius 3 is 2.56 bits per heavy atom. The second-order valence-electron chi connectivity index (χ2n) is 6.44. The van der Waals surface area contributed by atoms with Crippen LogP contribution in [-0.4, -0.2) is 29.6 Å². The van der Waals surface area contributed by atoms with Crippen LogP contribution >= 0.6 is 15.9 Å². The highest BCUT2D eigenvalue weighted by Gasteiger charge is 2.40. The predicted octanol–water partition coefficient (Wildman–Crippen LogP) is 3.88.